The molecule has 0 saturated heterocycles. The van der Waals surface area contributed by atoms with E-state index in [0.29, 0.717) is 30.8 Å². The van der Waals surface area contributed by atoms with Crippen LogP contribution in [0, 0.1) is 0 Å². The molecule has 0 fully saturated rings. The fraction of sp³-hybridized carbons (Fsp3) is 0.250. The highest BCUT2D eigenvalue weighted by molar-refractivity contribution is 7.13. The number of amides is 2. The fourth-order valence-corrected chi connectivity index (χ4v) is 4.89. The lowest BCUT2D eigenvalue weighted by atomic mass is 9.87. The zero-order chi connectivity index (χ0) is 25.3. The van der Waals surface area contributed by atoms with Crippen LogP contribution in [0.5, 0.6) is 0 Å². The summed E-state index contributed by atoms with van der Waals surface area (Å²) in [4.78, 5) is 41.0. The molecular weight excluding hydrogens is 470 g/mol. The molecule has 4 aromatic rings. The predicted octanol–water partition coefficient (Wildman–Crippen LogP) is 5.35. The molecule has 0 radical (unpaired) electrons. The van der Waals surface area contributed by atoms with E-state index in [2.05, 4.69) is 41.0 Å². The Labute approximate surface area is 214 Å². The summed E-state index contributed by atoms with van der Waals surface area (Å²) in [7, 11) is 0. The van der Waals surface area contributed by atoms with Gasteiger partial charge in [0.1, 0.15) is 10.7 Å². The van der Waals surface area contributed by atoms with Crippen LogP contribution < -0.4 is 5.32 Å². The average Bonchev–Trinajstić information content (AvgIpc) is 3.38. The second-order valence-corrected chi connectivity index (χ2v) is 10.7. The Bertz CT molecular complexity index is 1410. The predicted molar refractivity (Wildman–Crippen MR) is 141 cm³/mol. The van der Waals surface area contributed by atoms with Gasteiger partial charge in [0.05, 0.1) is 5.69 Å². The number of thiazole rings is 1. The number of nitrogens with zero attached hydrogens (tertiary/aromatic N) is 4. The Hall–Kier alpha value is -3.91. The van der Waals surface area contributed by atoms with E-state index in [1.165, 1.54) is 11.3 Å². The standard InChI is InChI=1S/C28H27N5O2S/c1-28(2,3)21-11-9-18(10-12-21)24(34)32-27-29-15-20-16-33(14-13-22(20)31-27)26(35)23-17-36-25(30-23)19-7-5-4-6-8-19/h4-12,15,17H,13-14,16H2,1-3H3,(H,29,31,32,34). The van der Waals surface area contributed by atoms with E-state index in [-0.39, 0.29) is 23.2 Å². The lowest BCUT2D eigenvalue weighted by Gasteiger charge is -2.27. The molecule has 3 heterocycles. The number of benzene rings is 2. The van der Waals surface area contributed by atoms with Crippen LogP contribution in [0.3, 0.4) is 0 Å². The van der Waals surface area contributed by atoms with E-state index in [1.54, 1.807) is 11.1 Å². The summed E-state index contributed by atoms with van der Waals surface area (Å²) >= 11 is 1.46. The van der Waals surface area contributed by atoms with Gasteiger partial charge < -0.3 is 4.90 Å². The minimum atomic E-state index is -0.249. The van der Waals surface area contributed by atoms with Gasteiger partial charge in [0.2, 0.25) is 5.95 Å². The molecule has 0 spiro atoms. The van der Waals surface area contributed by atoms with Crippen LogP contribution in [0.2, 0.25) is 0 Å². The van der Waals surface area contributed by atoms with Crippen molar-refractivity contribution in [3.05, 3.63) is 94.3 Å². The van der Waals surface area contributed by atoms with Gasteiger partial charge >= 0.3 is 0 Å². The SMILES string of the molecule is CC(C)(C)c1ccc(C(=O)Nc2ncc3c(n2)CCN(C(=O)c2csc(-c4ccccc4)n2)C3)cc1. The van der Waals surface area contributed by atoms with Crippen molar-refractivity contribution in [2.45, 2.75) is 39.2 Å². The first-order chi connectivity index (χ1) is 17.3. The van der Waals surface area contributed by atoms with Gasteiger partial charge in [0, 0.05) is 47.8 Å². The van der Waals surface area contributed by atoms with Gasteiger partial charge in [-0.15, -0.1) is 11.3 Å². The highest BCUT2D eigenvalue weighted by Gasteiger charge is 2.25. The van der Waals surface area contributed by atoms with Crippen molar-refractivity contribution in [1.82, 2.24) is 19.9 Å². The molecule has 1 N–H and O–H groups in total. The number of aromatic nitrogens is 3. The van der Waals surface area contributed by atoms with Gasteiger partial charge in [0.15, 0.2) is 0 Å². The molecule has 0 bridgehead atoms. The van der Waals surface area contributed by atoms with Gasteiger partial charge in [-0.3, -0.25) is 14.9 Å². The molecule has 1 aliphatic rings. The molecule has 2 aromatic heterocycles. The second kappa shape index (κ2) is 9.62. The molecule has 2 amide bonds. The highest BCUT2D eigenvalue weighted by atomic mass is 32.1. The topological polar surface area (TPSA) is 88.1 Å². The third-order valence-electron chi connectivity index (χ3n) is 6.20. The molecule has 5 rings (SSSR count). The summed E-state index contributed by atoms with van der Waals surface area (Å²) in [6.45, 7) is 7.35. The van der Waals surface area contributed by atoms with Gasteiger partial charge in [-0.2, -0.15) is 0 Å². The van der Waals surface area contributed by atoms with Crippen molar-refractivity contribution < 1.29 is 9.59 Å². The zero-order valence-corrected chi connectivity index (χ0v) is 21.3. The Morgan fingerprint density at radius 3 is 2.47 bits per heavy atom. The lowest BCUT2D eigenvalue weighted by molar-refractivity contribution is 0.0728. The first-order valence-electron chi connectivity index (χ1n) is 11.8. The molecule has 0 saturated carbocycles. The molecule has 0 atom stereocenters. The van der Waals surface area contributed by atoms with Crippen molar-refractivity contribution >= 4 is 29.1 Å². The maximum absolute atomic E-state index is 13.1. The Morgan fingerprint density at radius 1 is 1.00 bits per heavy atom. The van der Waals surface area contributed by atoms with Crippen LogP contribution in [-0.2, 0) is 18.4 Å². The summed E-state index contributed by atoms with van der Waals surface area (Å²) in [5, 5.41) is 5.43. The molecule has 1 aliphatic heterocycles. The molecule has 36 heavy (non-hydrogen) atoms. The second-order valence-electron chi connectivity index (χ2n) is 9.83. The van der Waals surface area contributed by atoms with Crippen LogP contribution in [0.25, 0.3) is 10.6 Å². The minimum Gasteiger partial charge on any atom is -0.332 e. The first-order valence-corrected chi connectivity index (χ1v) is 12.7. The summed E-state index contributed by atoms with van der Waals surface area (Å²) in [6, 6.07) is 17.4. The lowest BCUT2D eigenvalue weighted by Crippen LogP contribution is -2.36. The van der Waals surface area contributed by atoms with Crippen LogP contribution in [0.15, 0.2) is 66.2 Å². The smallest absolute Gasteiger partial charge is 0.273 e. The number of carbonyl (C=O) groups excluding carboxylic acids is 2. The molecule has 0 aliphatic carbocycles. The van der Waals surface area contributed by atoms with Crippen LogP contribution in [0.1, 0.15) is 58.4 Å². The zero-order valence-electron chi connectivity index (χ0n) is 20.5. The van der Waals surface area contributed by atoms with E-state index < -0.39 is 0 Å². The van der Waals surface area contributed by atoms with Gasteiger partial charge in [-0.25, -0.2) is 15.0 Å². The average molecular weight is 498 g/mol. The third kappa shape index (κ3) is 5.04. The van der Waals surface area contributed by atoms with E-state index in [9.17, 15) is 9.59 Å². The van der Waals surface area contributed by atoms with Gasteiger partial charge in [-0.05, 0) is 23.1 Å². The largest absolute Gasteiger partial charge is 0.332 e. The number of hydrogen-bond acceptors (Lipinski definition) is 6. The quantitative estimate of drug-likeness (QED) is 0.411. The summed E-state index contributed by atoms with van der Waals surface area (Å²) < 4.78 is 0. The van der Waals surface area contributed by atoms with E-state index in [0.717, 1.165) is 27.4 Å². The van der Waals surface area contributed by atoms with Crippen LogP contribution in [0.4, 0.5) is 5.95 Å². The van der Waals surface area contributed by atoms with E-state index in [4.69, 9.17) is 0 Å². The molecule has 8 heteroatoms. The van der Waals surface area contributed by atoms with Crippen molar-refractivity contribution in [1.29, 1.82) is 0 Å². The molecular formula is C28H27N5O2S. The number of carbonyl (C=O) groups is 2. The highest BCUT2D eigenvalue weighted by Crippen LogP contribution is 2.26. The fourth-order valence-electron chi connectivity index (χ4n) is 4.09. The number of fused-ring (bicyclic) bond motifs is 1. The van der Waals surface area contributed by atoms with Crippen molar-refractivity contribution in [2.75, 3.05) is 11.9 Å². The van der Waals surface area contributed by atoms with Gasteiger partial charge in [-0.1, -0.05) is 63.2 Å². The number of rotatable bonds is 4. The molecule has 0 unspecified atom stereocenters. The van der Waals surface area contributed by atoms with Crippen LogP contribution in [-0.4, -0.2) is 38.2 Å². The molecule has 182 valence electrons. The van der Waals surface area contributed by atoms with Crippen molar-refractivity contribution in [2.24, 2.45) is 0 Å². The first kappa shape index (κ1) is 23.8. The summed E-state index contributed by atoms with van der Waals surface area (Å²) in [5.41, 5.74) is 4.91. The normalized spacial score (nSPS) is 13.2. The Kier molecular flexibility index (Phi) is 6.36. The Morgan fingerprint density at radius 2 is 1.75 bits per heavy atom. The summed E-state index contributed by atoms with van der Waals surface area (Å²) in [6.07, 6.45) is 2.28. The number of hydrogen-bond donors (Lipinski definition) is 1. The van der Waals surface area contributed by atoms with Crippen LogP contribution >= 0.6 is 11.3 Å². The van der Waals surface area contributed by atoms with Gasteiger partial charge in [0.25, 0.3) is 11.8 Å². The minimum absolute atomic E-state index is 0.0234. The monoisotopic (exact) mass is 497 g/mol. The number of anilines is 1. The molecule has 2 aromatic carbocycles. The number of nitrogens with one attached hydrogen (secondary N) is 1. The third-order valence-corrected chi connectivity index (χ3v) is 7.09. The van der Waals surface area contributed by atoms with Crippen molar-refractivity contribution in [3.8, 4) is 10.6 Å². The Balaban J connectivity index is 1.24. The van der Waals surface area contributed by atoms with E-state index in [1.807, 2.05) is 60.0 Å². The maximum Gasteiger partial charge on any atom is 0.273 e. The molecule has 7 nitrogen and oxygen atoms in total. The maximum atomic E-state index is 13.1. The summed E-state index contributed by atoms with van der Waals surface area (Å²) in [5.74, 6) is -0.0821. The van der Waals surface area contributed by atoms with E-state index >= 15 is 0 Å². The van der Waals surface area contributed by atoms with Crippen molar-refractivity contribution in [3.63, 3.8) is 0 Å².